The van der Waals surface area contributed by atoms with Crippen LogP contribution in [0.25, 0.3) is 0 Å². The number of ether oxygens (including phenoxy) is 3. The van der Waals surface area contributed by atoms with Crippen molar-refractivity contribution in [3.05, 3.63) is 134 Å². The van der Waals surface area contributed by atoms with E-state index >= 15 is 0 Å². The molecule has 76 heavy (non-hydrogen) atoms. The van der Waals surface area contributed by atoms with E-state index in [4.69, 9.17) is 23.3 Å². The fourth-order valence-corrected chi connectivity index (χ4v) is 7.98. The van der Waals surface area contributed by atoms with Gasteiger partial charge in [-0.15, -0.1) is 0 Å². The van der Waals surface area contributed by atoms with E-state index < -0.39 is 57.8 Å². The van der Waals surface area contributed by atoms with Gasteiger partial charge >= 0.3 is 25.7 Å². The van der Waals surface area contributed by atoms with Crippen molar-refractivity contribution in [3.8, 4) is 0 Å². The number of aliphatic hydroxyl groups is 1. The van der Waals surface area contributed by atoms with E-state index in [1.807, 2.05) is 12.2 Å². The summed E-state index contributed by atoms with van der Waals surface area (Å²) in [5.74, 6) is -1.61. The average molecular weight is 1080 g/mol. The van der Waals surface area contributed by atoms with E-state index in [2.05, 4.69) is 142 Å². The molecule has 11 nitrogen and oxygen atoms in total. The number of esters is 3. The minimum absolute atomic E-state index is 0.0320. The summed E-state index contributed by atoms with van der Waals surface area (Å²) in [6, 6.07) is 0. The fraction of sp³-hybridized carbons (Fsp3) is 0.609. The highest BCUT2D eigenvalue weighted by Gasteiger charge is 2.28. The van der Waals surface area contributed by atoms with E-state index in [0.29, 0.717) is 25.7 Å². The van der Waals surface area contributed by atoms with E-state index in [-0.39, 0.29) is 25.9 Å². The van der Waals surface area contributed by atoms with Gasteiger partial charge < -0.3 is 24.2 Å². The molecule has 0 saturated carbocycles. The van der Waals surface area contributed by atoms with Crippen LogP contribution in [-0.2, 0) is 42.2 Å². The molecule has 0 saturated heterocycles. The maximum Gasteiger partial charge on any atom is 0.472 e. The minimum atomic E-state index is -4.78. The van der Waals surface area contributed by atoms with Gasteiger partial charge in [-0.25, -0.2) is 4.57 Å². The second kappa shape index (κ2) is 56.8. The first-order valence-electron chi connectivity index (χ1n) is 29.1. The summed E-state index contributed by atoms with van der Waals surface area (Å²) in [5.41, 5.74) is 0. The molecular weight excluding hydrogens is 976 g/mol. The van der Waals surface area contributed by atoms with Gasteiger partial charge in [0.05, 0.1) is 19.8 Å². The van der Waals surface area contributed by atoms with Gasteiger partial charge in [0.15, 0.2) is 6.10 Å². The molecule has 12 heteroatoms. The third-order valence-corrected chi connectivity index (χ3v) is 12.5. The molecule has 0 aromatic heterocycles. The molecular formula is C64H103O11P. The van der Waals surface area contributed by atoms with Crippen LogP contribution < -0.4 is 0 Å². The van der Waals surface area contributed by atoms with Crippen LogP contribution in [0, 0.1) is 0 Å². The number of phosphoric acid groups is 1. The monoisotopic (exact) mass is 1080 g/mol. The summed E-state index contributed by atoms with van der Waals surface area (Å²) in [5, 5.41) is 9.81. The summed E-state index contributed by atoms with van der Waals surface area (Å²) in [4.78, 5) is 48.5. The molecule has 0 aromatic carbocycles. The van der Waals surface area contributed by atoms with Gasteiger partial charge in [-0.05, 0) is 116 Å². The largest absolute Gasteiger partial charge is 0.472 e. The molecule has 0 radical (unpaired) electrons. The van der Waals surface area contributed by atoms with Crippen molar-refractivity contribution in [1.82, 2.24) is 0 Å². The lowest BCUT2D eigenvalue weighted by Gasteiger charge is -2.21. The molecule has 0 aliphatic carbocycles. The Morgan fingerprint density at radius 1 is 0.382 bits per heavy atom. The molecule has 0 bridgehead atoms. The highest BCUT2D eigenvalue weighted by atomic mass is 31.2. The molecule has 0 rings (SSSR count). The number of hydrogen-bond acceptors (Lipinski definition) is 10. The smallest absolute Gasteiger partial charge is 0.462 e. The van der Waals surface area contributed by atoms with Gasteiger partial charge in [0.2, 0.25) is 0 Å². The summed E-state index contributed by atoms with van der Waals surface area (Å²) in [6.07, 6.45) is 71.4. The maximum absolute atomic E-state index is 12.9. The van der Waals surface area contributed by atoms with Crippen LogP contribution in [0.3, 0.4) is 0 Å². The molecule has 0 aromatic rings. The van der Waals surface area contributed by atoms with Crippen LogP contribution in [-0.4, -0.2) is 66.5 Å². The first-order valence-corrected chi connectivity index (χ1v) is 30.6. The standard InChI is InChI=1S/C64H103O11P/c1-4-7-10-13-16-19-22-25-27-29-30-32-34-37-40-43-46-49-52-55-64(68)75-61(57-71-62(66)53-50-47-44-41-38-36-33-31-28-26-23-20-17-14-11-8-5-2)59-73-76(69,70)72-58-60(56-65)74-63(67)54-51-48-45-42-39-35-24-21-18-15-12-9-6-3/h7-8,10-12,15-17,19-21,24-28,30,32,37,40,46,49,60-61,65H,4-6,9,13-14,18,22-23,29,31,33-36,38-39,41-45,47-48,50-59H2,1-3H3,(H,69,70)/b10-7-,11-8-,15-12-,19-16-,20-17-,24-21-,27-25-,28-26-,32-30-,40-37-,49-46-. The molecule has 0 aliphatic heterocycles. The molecule has 0 fully saturated rings. The van der Waals surface area contributed by atoms with E-state index in [1.54, 1.807) is 0 Å². The number of carbonyl (C=O) groups is 3. The highest BCUT2D eigenvalue weighted by molar-refractivity contribution is 7.47. The van der Waals surface area contributed by atoms with Gasteiger partial charge in [0.25, 0.3) is 0 Å². The second-order valence-corrected chi connectivity index (χ2v) is 20.1. The van der Waals surface area contributed by atoms with Crippen molar-refractivity contribution >= 4 is 25.7 Å². The summed E-state index contributed by atoms with van der Waals surface area (Å²) >= 11 is 0. The maximum atomic E-state index is 12.9. The fourth-order valence-electron chi connectivity index (χ4n) is 7.20. The SMILES string of the molecule is CC/C=C\C/C=C\C/C=C\C/C=C\C/C=C\C/C=C\CCC(=O)OC(COC(=O)CCCCCCCCC/C=C\C/C=C\C/C=C\CC)COP(=O)(O)OCC(CO)OC(=O)CCCCCCC/C=C\C/C=C\CCC. The summed E-state index contributed by atoms with van der Waals surface area (Å²) < 4.78 is 39.4. The van der Waals surface area contributed by atoms with Crippen molar-refractivity contribution < 1.29 is 52.2 Å². The number of rotatable bonds is 52. The Morgan fingerprint density at radius 2 is 0.711 bits per heavy atom. The third-order valence-electron chi connectivity index (χ3n) is 11.5. The van der Waals surface area contributed by atoms with Crippen molar-refractivity contribution in [1.29, 1.82) is 0 Å². The van der Waals surface area contributed by atoms with Crippen LogP contribution in [0.1, 0.15) is 213 Å². The molecule has 0 aliphatic rings. The number of unbranched alkanes of at least 4 members (excludes halogenated alkanes) is 13. The Kier molecular flexibility index (Phi) is 53.5. The van der Waals surface area contributed by atoms with Gasteiger partial charge in [-0.1, -0.05) is 212 Å². The van der Waals surface area contributed by atoms with Crippen molar-refractivity contribution in [2.24, 2.45) is 0 Å². The van der Waals surface area contributed by atoms with Crippen LogP contribution in [0.5, 0.6) is 0 Å². The van der Waals surface area contributed by atoms with Gasteiger partial charge in [-0.3, -0.25) is 23.4 Å². The zero-order valence-electron chi connectivity index (χ0n) is 47.4. The second-order valence-electron chi connectivity index (χ2n) is 18.7. The number of carbonyl (C=O) groups excluding carboxylic acids is 3. The normalized spacial score (nSPS) is 14.3. The van der Waals surface area contributed by atoms with Gasteiger partial charge in [0.1, 0.15) is 12.7 Å². The third kappa shape index (κ3) is 54.4. The lowest BCUT2D eigenvalue weighted by Crippen LogP contribution is -2.30. The van der Waals surface area contributed by atoms with Gasteiger partial charge in [0, 0.05) is 19.3 Å². The number of allylic oxidation sites excluding steroid dienone is 22. The van der Waals surface area contributed by atoms with Crippen molar-refractivity contribution in [2.45, 2.75) is 226 Å². The van der Waals surface area contributed by atoms with E-state index in [9.17, 15) is 28.9 Å². The lowest BCUT2D eigenvalue weighted by molar-refractivity contribution is -0.161. The van der Waals surface area contributed by atoms with Crippen LogP contribution in [0.15, 0.2) is 134 Å². The molecule has 2 N–H and O–H groups in total. The Balaban J connectivity index is 4.89. The first kappa shape index (κ1) is 71.6. The zero-order valence-corrected chi connectivity index (χ0v) is 48.3. The van der Waals surface area contributed by atoms with Crippen molar-refractivity contribution in [2.75, 3.05) is 26.4 Å². The Bertz CT molecular complexity index is 1780. The number of phosphoric ester groups is 1. The van der Waals surface area contributed by atoms with Crippen LogP contribution in [0.2, 0.25) is 0 Å². The summed E-state index contributed by atoms with van der Waals surface area (Å²) in [7, 11) is -4.78. The Hall–Kier alpha value is -4.38. The van der Waals surface area contributed by atoms with Gasteiger partial charge in [-0.2, -0.15) is 0 Å². The predicted octanol–water partition coefficient (Wildman–Crippen LogP) is 17.4. The lowest BCUT2D eigenvalue weighted by atomic mass is 10.1. The van der Waals surface area contributed by atoms with Crippen molar-refractivity contribution in [3.63, 3.8) is 0 Å². The highest BCUT2D eigenvalue weighted by Crippen LogP contribution is 2.43. The topological polar surface area (TPSA) is 155 Å². The average Bonchev–Trinajstić information content (AvgIpc) is 3.41. The Labute approximate surface area is 461 Å². The Morgan fingerprint density at radius 3 is 1.13 bits per heavy atom. The molecule has 3 unspecified atom stereocenters. The van der Waals surface area contributed by atoms with E-state index in [0.717, 1.165) is 141 Å². The van der Waals surface area contributed by atoms with Crippen LogP contribution >= 0.6 is 7.82 Å². The van der Waals surface area contributed by atoms with E-state index in [1.165, 1.54) is 6.42 Å². The summed E-state index contributed by atoms with van der Waals surface area (Å²) in [6.45, 7) is 4.23. The number of hydrogen-bond donors (Lipinski definition) is 2. The molecule has 0 spiro atoms. The van der Waals surface area contributed by atoms with Crippen LogP contribution in [0.4, 0.5) is 0 Å². The molecule has 0 amide bonds. The quantitative estimate of drug-likeness (QED) is 0.0197. The minimum Gasteiger partial charge on any atom is -0.462 e. The zero-order chi connectivity index (χ0) is 55.5. The molecule has 3 atom stereocenters. The number of aliphatic hydroxyl groups excluding tert-OH is 1. The first-order chi connectivity index (χ1) is 37.2. The molecule has 0 heterocycles. The molecule has 430 valence electrons. The predicted molar refractivity (Wildman–Crippen MR) is 316 cm³/mol.